The molecule has 0 spiro atoms. The molecule has 0 radical (unpaired) electrons. The van der Waals surface area contributed by atoms with E-state index < -0.39 is 32.5 Å². The van der Waals surface area contributed by atoms with E-state index in [2.05, 4.69) is 11.4 Å². The minimum Gasteiger partial charge on any atom is -0.462 e. The van der Waals surface area contributed by atoms with Gasteiger partial charge in [0.1, 0.15) is 6.61 Å². The summed E-state index contributed by atoms with van der Waals surface area (Å²) in [5.41, 5.74) is 5.25. The molecule has 37 heavy (non-hydrogen) atoms. The number of nitrogens with two attached hydrogens (primary N) is 1. The van der Waals surface area contributed by atoms with Crippen LogP contribution in [0.15, 0.2) is 0 Å². The van der Waals surface area contributed by atoms with Crippen molar-refractivity contribution in [1.29, 1.82) is 0 Å². The summed E-state index contributed by atoms with van der Waals surface area (Å²) in [6, 6.07) is 0. The zero-order valence-corrected chi connectivity index (χ0v) is 24.4. The molecule has 0 aromatic rings. The van der Waals surface area contributed by atoms with Crippen LogP contribution in [0, 0.1) is 0 Å². The van der Waals surface area contributed by atoms with Crippen LogP contribution in [0.2, 0.25) is 0 Å². The van der Waals surface area contributed by atoms with Crippen molar-refractivity contribution in [2.24, 2.45) is 5.73 Å². The molecule has 0 saturated carbocycles. The number of esters is 2. The van der Waals surface area contributed by atoms with Gasteiger partial charge in [0, 0.05) is 19.4 Å². The molecule has 9 nitrogen and oxygen atoms in total. The summed E-state index contributed by atoms with van der Waals surface area (Å²) in [6.07, 6.45) is 18.8. The summed E-state index contributed by atoms with van der Waals surface area (Å²) >= 11 is 0. The quantitative estimate of drug-likeness (QED) is 0.0658. The van der Waals surface area contributed by atoms with Gasteiger partial charge < -0.3 is 20.1 Å². The fourth-order valence-electron chi connectivity index (χ4n) is 3.85. The number of phosphoric acid groups is 1. The summed E-state index contributed by atoms with van der Waals surface area (Å²) in [7, 11) is -4.33. The molecular weight excluding hydrogens is 497 g/mol. The van der Waals surface area contributed by atoms with E-state index in [1.807, 2.05) is 6.92 Å². The van der Waals surface area contributed by atoms with Gasteiger partial charge in [0.05, 0.1) is 13.2 Å². The molecule has 0 aliphatic heterocycles. The smallest absolute Gasteiger partial charge is 0.462 e. The van der Waals surface area contributed by atoms with Crippen LogP contribution in [0.5, 0.6) is 0 Å². The minimum absolute atomic E-state index is 0.0553. The Labute approximate surface area is 225 Å². The van der Waals surface area contributed by atoms with Crippen LogP contribution in [-0.2, 0) is 32.7 Å². The molecule has 0 amide bonds. The molecule has 0 heterocycles. The van der Waals surface area contributed by atoms with Crippen LogP contribution in [0.4, 0.5) is 0 Å². The fourth-order valence-corrected chi connectivity index (χ4v) is 4.61. The molecule has 0 aliphatic carbocycles. The average molecular weight is 552 g/mol. The highest BCUT2D eigenvalue weighted by Gasteiger charge is 2.25. The Balaban J connectivity index is 3.91. The van der Waals surface area contributed by atoms with Gasteiger partial charge in [0.25, 0.3) is 0 Å². The summed E-state index contributed by atoms with van der Waals surface area (Å²) < 4.78 is 31.8. The Bertz CT molecular complexity index is 605. The van der Waals surface area contributed by atoms with Crippen molar-refractivity contribution >= 4 is 19.8 Å². The lowest BCUT2D eigenvalue weighted by atomic mass is 10.0. The van der Waals surface area contributed by atoms with Gasteiger partial charge in [-0.05, 0) is 12.8 Å². The molecule has 220 valence electrons. The van der Waals surface area contributed by atoms with E-state index in [0.717, 1.165) is 19.3 Å². The molecule has 0 fully saturated rings. The maximum absolute atomic E-state index is 12.1. The van der Waals surface area contributed by atoms with Crippen molar-refractivity contribution in [1.82, 2.24) is 0 Å². The van der Waals surface area contributed by atoms with Crippen molar-refractivity contribution in [3.63, 3.8) is 0 Å². The molecule has 0 bridgehead atoms. The molecule has 0 rings (SSSR count). The van der Waals surface area contributed by atoms with Crippen LogP contribution in [0.3, 0.4) is 0 Å². The first-order valence-corrected chi connectivity index (χ1v) is 16.0. The van der Waals surface area contributed by atoms with Crippen LogP contribution in [0.25, 0.3) is 0 Å². The molecule has 0 saturated heterocycles. The molecule has 0 aromatic carbocycles. The lowest BCUT2D eigenvalue weighted by Crippen LogP contribution is -2.29. The summed E-state index contributed by atoms with van der Waals surface area (Å²) in [5, 5.41) is 0. The number of carbonyl (C=O) groups is 2. The maximum atomic E-state index is 12.1. The largest absolute Gasteiger partial charge is 0.472 e. The molecule has 1 unspecified atom stereocenters. The van der Waals surface area contributed by atoms with Crippen molar-refractivity contribution in [3.8, 4) is 0 Å². The highest BCUT2D eigenvalue weighted by atomic mass is 31.2. The molecule has 3 N–H and O–H groups in total. The third-order valence-corrected chi connectivity index (χ3v) is 6.95. The van der Waals surface area contributed by atoms with Gasteiger partial charge in [-0.3, -0.25) is 18.6 Å². The summed E-state index contributed by atoms with van der Waals surface area (Å²) in [5.74, 6) is -0.886. The van der Waals surface area contributed by atoms with E-state index in [1.165, 1.54) is 77.0 Å². The van der Waals surface area contributed by atoms with Gasteiger partial charge in [-0.15, -0.1) is 0 Å². The standard InChI is InChI=1S/C27H54NO8P/c1-3-5-6-7-8-9-10-11-12-13-14-15-16-17-18-20-26(29)33-23-25(36-27(30)19-4-2)24-35-37(31,32)34-22-21-28/h25H,3-24,28H2,1-2H3,(H,31,32)/t25-/m1/s1. The molecule has 0 aliphatic rings. The van der Waals surface area contributed by atoms with Gasteiger partial charge in [0.15, 0.2) is 6.10 Å². The first kappa shape index (κ1) is 36.0. The zero-order valence-electron chi connectivity index (χ0n) is 23.5. The minimum atomic E-state index is -4.33. The number of rotatable bonds is 27. The monoisotopic (exact) mass is 551 g/mol. The average Bonchev–Trinajstić information content (AvgIpc) is 2.87. The van der Waals surface area contributed by atoms with Crippen LogP contribution in [-0.4, -0.2) is 49.3 Å². The molecule has 10 heteroatoms. The lowest BCUT2D eigenvalue weighted by Gasteiger charge is -2.19. The van der Waals surface area contributed by atoms with Crippen LogP contribution >= 0.6 is 7.82 Å². The number of carbonyl (C=O) groups excluding carboxylic acids is 2. The number of hydrogen-bond acceptors (Lipinski definition) is 8. The van der Waals surface area contributed by atoms with Gasteiger partial charge in [-0.2, -0.15) is 0 Å². The second kappa shape index (κ2) is 25.3. The Hall–Kier alpha value is -0.990. The first-order valence-electron chi connectivity index (χ1n) is 14.5. The summed E-state index contributed by atoms with van der Waals surface area (Å²) in [6.45, 7) is 3.31. The van der Waals surface area contributed by atoms with Crippen molar-refractivity contribution in [2.45, 2.75) is 136 Å². The van der Waals surface area contributed by atoms with E-state index in [9.17, 15) is 19.0 Å². The van der Waals surface area contributed by atoms with E-state index in [0.29, 0.717) is 6.42 Å². The van der Waals surface area contributed by atoms with Gasteiger partial charge in [-0.25, -0.2) is 4.57 Å². The van der Waals surface area contributed by atoms with Crippen molar-refractivity contribution in [3.05, 3.63) is 0 Å². The second-order valence-electron chi connectivity index (χ2n) is 9.63. The number of hydrogen-bond donors (Lipinski definition) is 2. The van der Waals surface area contributed by atoms with E-state index in [1.54, 1.807) is 0 Å². The maximum Gasteiger partial charge on any atom is 0.472 e. The van der Waals surface area contributed by atoms with Crippen LogP contribution in [0.1, 0.15) is 129 Å². The van der Waals surface area contributed by atoms with Crippen LogP contribution < -0.4 is 5.73 Å². The topological polar surface area (TPSA) is 134 Å². The Morgan fingerprint density at radius 3 is 1.70 bits per heavy atom. The zero-order chi connectivity index (χ0) is 27.6. The number of phosphoric ester groups is 1. The molecule has 2 atom stereocenters. The molecular formula is C27H54NO8P. The number of ether oxygens (including phenoxy) is 2. The summed E-state index contributed by atoms with van der Waals surface area (Å²) in [4.78, 5) is 33.5. The van der Waals surface area contributed by atoms with Crippen molar-refractivity contribution < 1.29 is 37.6 Å². The predicted octanol–water partition coefficient (Wildman–Crippen LogP) is 6.60. The van der Waals surface area contributed by atoms with E-state index in [-0.39, 0.29) is 32.6 Å². The van der Waals surface area contributed by atoms with Gasteiger partial charge in [-0.1, -0.05) is 104 Å². The van der Waals surface area contributed by atoms with Gasteiger partial charge >= 0.3 is 19.8 Å². The Morgan fingerprint density at radius 1 is 0.703 bits per heavy atom. The van der Waals surface area contributed by atoms with Gasteiger partial charge in [0.2, 0.25) is 0 Å². The third-order valence-electron chi connectivity index (χ3n) is 5.96. The fraction of sp³-hybridized carbons (Fsp3) is 0.926. The Morgan fingerprint density at radius 2 is 1.22 bits per heavy atom. The highest BCUT2D eigenvalue weighted by molar-refractivity contribution is 7.47. The third kappa shape index (κ3) is 25.1. The predicted molar refractivity (Wildman–Crippen MR) is 146 cm³/mol. The van der Waals surface area contributed by atoms with E-state index in [4.69, 9.17) is 19.7 Å². The normalized spacial score (nSPS) is 13.7. The lowest BCUT2D eigenvalue weighted by molar-refractivity contribution is -0.161. The Kier molecular flexibility index (Phi) is 24.6. The SMILES string of the molecule is CCCCCCCCCCCCCCCCCC(=O)OC[C@H](COP(=O)(O)OCCN)OC(=O)CCC. The van der Waals surface area contributed by atoms with Crippen molar-refractivity contribution in [2.75, 3.05) is 26.4 Å². The highest BCUT2D eigenvalue weighted by Crippen LogP contribution is 2.43. The second-order valence-corrected chi connectivity index (χ2v) is 11.1. The van der Waals surface area contributed by atoms with E-state index >= 15 is 0 Å². The molecule has 0 aromatic heterocycles. The first-order chi connectivity index (χ1) is 17.8. The number of unbranched alkanes of at least 4 members (excludes halogenated alkanes) is 14.